The van der Waals surface area contributed by atoms with Gasteiger partial charge in [-0.1, -0.05) is 0 Å². The van der Waals surface area contributed by atoms with Crippen molar-refractivity contribution in [2.45, 2.75) is 6.42 Å². The average molecular weight is 344 g/mol. The highest BCUT2D eigenvalue weighted by molar-refractivity contribution is 9.11. The quantitative estimate of drug-likeness (QED) is 0.580. The Labute approximate surface area is 110 Å². The Hall–Kier alpha value is -0.860. The molecule has 1 atom stereocenters. The molecule has 1 fully saturated rings. The largest absolute Gasteiger partial charge is 0.311 e. The molecule has 0 spiro atoms. The molecule has 0 N–H and O–H groups in total. The first-order valence-corrected chi connectivity index (χ1v) is 6.28. The van der Waals surface area contributed by atoms with Gasteiger partial charge in [0.2, 0.25) is 5.91 Å². The summed E-state index contributed by atoms with van der Waals surface area (Å²) in [7, 11) is 0. The normalized spacial score (nSPS) is 19.9. The second kappa shape index (κ2) is 4.56. The average Bonchev–Trinajstić information content (AvgIpc) is 2.58. The first-order chi connectivity index (χ1) is 7.60. The number of hydrogen-bond donors (Lipinski definition) is 0. The minimum atomic E-state index is 0.0122. The van der Waals surface area contributed by atoms with Crippen LogP contribution in [-0.2, 0) is 4.79 Å². The van der Waals surface area contributed by atoms with E-state index in [0.717, 1.165) is 5.69 Å². The summed E-state index contributed by atoms with van der Waals surface area (Å²) in [5, 5.41) is 0. The Morgan fingerprint density at radius 3 is 2.56 bits per heavy atom. The van der Waals surface area contributed by atoms with E-state index in [2.05, 4.69) is 42.8 Å². The second-order valence-electron chi connectivity index (χ2n) is 3.54. The molecule has 1 aromatic heterocycles. The highest BCUT2D eigenvalue weighted by atomic mass is 79.9. The van der Waals surface area contributed by atoms with Gasteiger partial charge in [0.05, 0.1) is 0 Å². The highest BCUT2D eigenvalue weighted by Gasteiger charge is 2.29. The molecule has 0 radical (unpaired) electrons. The maximum absolute atomic E-state index is 11.7. The van der Waals surface area contributed by atoms with Crippen LogP contribution < -0.4 is 4.90 Å². The Kier molecular flexibility index (Phi) is 3.31. The molecule has 82 valence electrons. The number of carbonyl (C=O) groups excluding carboxylic acids is 1. The molecule has 0 saturated carbocycles. The van der Waals surface area contributed by atoms with Gasteiger partial charge < -0.3 is 4.90 Å². The van der Waals surface area contributed by atoms with Crippen molar-refractivity contribution in [2.24, 2.45) is 5.92 Å². The number of terminal acetylenes is 1. The van der Waals surface area contributed by atoms with Crippen molar-refractivity contribution in [3.8, 4) is 12.3 Å². The van der Waals surface area contributed by atoms with E-state index in [1.165, 1.54) is 0 Å². The van der Waals surface area contributed by atoms with Crippen LogP contribution in [0, 0.1) is 18.3 Å². The van der Waals surface area contributed by atoms with Crippen molar-refractivity contribution in [1.82, 2.24) is 4.98 Å². The van der Waals surface area contributed by atoms with Gasteiger partial charge in [0.25, 0.3) is 0 Å². The minimum Gasteiger partial charge on any atom is -0.311 e. The minimum absolute atomic E-state index is 0.0122. The first kappa shape index (κ1) is 11.6. The predicted octanol–water partition coefficient (Wildman–Crippen LogP) is 2.59. The zero-order chi connectivity index (χ0) is 11.7. The molecule has 0 bridgehead atoms. The molecule has 5 heteroatoms. The van der Waals surface area contributed by atoms with Gasteiger partial charge in [0, 0.05) is 24.6 Å². The van der Waals surface area contributed by atoms with E-state index in [0.29, 0.717) is 22.2 Å². The number of halogens is 2. The lowest BCUT2D eigenvalue weighted by atomic mass is 10.1. The summed E-state index contributed by atoms with van der Waals surface area (Å²) in [5.74, 6) is 2.70. The second-order valence-corrected chi connectivity index (χ2v) is 5.17. The van der Waals surface area contributed by atoms with Crippen LogP contribution in [0.25, 0.3) is 0 Å². The number of pyridine rings is 1. The summed E-state index contributed by atoms with van der Waals surface area (Å²) in [4.78, 5) is 17.6. The molecule has 0 aromatic carbocycles. The molecule has 1 aromatic rings. The van der Waals surface area contributed by atoms with Gasteiger partial charge in [-0.3, -0.25) is 4.79 Å². The number of aromatic nitrogens is 1. The molecule has 1 aliphatic rings. The number of anilines is 1. The predicted molar refractivity (Wildman–Crippen MR) is 68.9 cm³/mol. The van der Waals surface area contributed by atoms with Crippen LogP contribution in [0.4, 0.5) is 5.69 Å². The van der Waals surface area contributed by atoms with Crippen LogP contribution in [0.1, 0.15) is 6.42 Å². The van der Waals surface area contributed by atoms with Crippen molar-refractivity contribution in [3.05, 3.63) is 21.3 Å². The Bertz CT molecular complexity index is 461. The zero-order valence-corrected chi connectivity index (χ0v) is 11.5. The van der Waals surface area contributed by atoms with Crippen molar-refractivity contribution >= 4 is 43.5 Å². The zero-order valence-electron chi connectivity index (χ0n) is 8.28. The van der Waals surface area contributed by atoms with Crippen LogP contribution in [0.15, 0.2) is 21.3 Å². The van der Waals surface area contributed by atoms with E-state index in [4.69, 9.17) is 6.42 Å². The number of nitrogens with zero attached hydrogens (tertiary/aromatic N) is 2. The number of rotatable bonds is 1. The van der Waals surface area contributed by atoms with Gasteiger partial charge in [0.1, 0.15) is 9.21 Å². The molecule has 3 nitrogen and oxygen atoms in total. The van der Waals surface area contributed by atoms with E-state index in [9.17, 15) is 4.79 Å². The van der Waals surface area contributed by atoms with E-state index >= 15 is 0 Å². The van der Waals surface area contributed by atoms with Gasteiger partial charge in [-0.25, -0.2) is 4.98 Å². The summed E-state index contributed by atoms with van der Waals surface area (Å²) >= 11 is 6.59. The fourth-order valence-corrected chi connectivity index (χ4v) is 2.77. The van der Waals surface area contributed by atoms with Gasteiger partial charge >= 0.3 is 0 Å². The van der Waals surface area contributed by atoms with E-state index in [-0.39, 0.29) is 11.8 Å². The fraction of sp³-hybridized carbons (Fsp3) is 0.273. The van der Waals surface area contributed by atoms with Crippen molar-refractivity contribution in [1.29, 1.82) is 0 Å². The molecule has 2 rings (SSSR count). The molecular formula is C11H8Br2N2O. The monoisotopic (exact) mass is 342 g/mol. The van der Waals surface area contributed by atoms with E-state index in [1.54, 1.807) is 4.90 Å². The lowest BCUT2D eigenvalue weighted by molar-refractivity contribution is -0.117. The fourth-order valence-electron chi connectivity index (χ4n) is 1.68. The molecule has 1 saturated heterocycles. The summed E-state index contributed by atoms with van der Waals surface area (Å²) < 4.78 is 1.38. The van der Waals surface area contributed by atoms with Gasteiger partial charge in [-0.05, 0) is 44.0 Å². The third-order valence-electron chi connectivity index (χ3n) is 2.42. The standard InChI is InChI=1S/C11H8Br2N2O/c1-2-7-3-11(16)15(6-7)8-4-9(12)14-10(13)5-8/h1,4-5,7H,3,6H2. The lowest BCUT2D eigenvalue weighted by Crippen LogP contribution is -2.24. The van der Waals surface area contributed by atoms with Crippen LogP contribution in [-0.4, -0.2) is 17.4 Å². The Balaban J connectivity index is 2.32. The topological polar surface area (TPSA) is 33.2 Å². The van der Waals surface area contributed by atoms with Gasteiger partial charge in [0.15, 0.2) is 0 Å². The van der Waals surface area contributed by atoms with Crippen molar-refractivity contribution in [2.75, 3.05) is 11.4 Å². The molecular weight excluding hydrogens is 336 g/mol. The van der Waals surface area contributed by atoms with Crippen LogP contribution >= 0.6 is 31.9 Å². The molecule has 1 amide bonds. The molecule has 2 heterocycles. The lowest BCUT2D eigenvalue weighted by Gasteiger charge is -2.16. The number of amides is 1. The summed E-state index contributed by atoms with van der Waals surface area (Å²) in [5.41, 5.74) is 0.816. The maximum Gasteiger partial charge on any atom is 0.228 e. The molecule has 0 aliphatic carbocycles. The Morgan fingerprint density at radius 1 is 1.44 bits per heavy atom. The van der Waals surface area contributed by atoms with E-state index < -0.39 is 0 Å². The summed E-state index contributed by atoms with van der Waals surface area (Å²) in [6, 6.07) is 3.61. The van der Waals surface area contributed by atoms with Crippen LogP contribution in [0.2, 0.25) is 0 Å². The molecule has 16 heavy (non-hydrogen) atoms. The summed E-state index contributed by atoms with van der Waals surface area (Å²) in [6.45, 7) is 0.582. The van der Waals surface area contributed by atoms with Gasteiger partial charge in [-0.2, -0.15) is 0 Å². The van der Waals surface area contributed by atoms with Crippen LogP contribution in [0.5, 0.6) is 0 Å². The number of carbonyl (C=O) groups is 1. The summed E-state index contributed by atoms with van der Waals surface area (Å²) in [6.07, 6.45) is 5.76. The van der Waals surface area contributed by atoms with Crippen molar-refractivity contribution in [3.63, 3.8) is 0 Å². The third kappa shape index (κ3) is 2.28. The molecule has 1 unspecified atom stereocenters. The maximum atomic E-state index is 11.7. The third-order valence-corrected chi connectivity index (χ3v) is 3.23. The van der Waals surface area contributed by atoms with Crippen molar-refractivity contribution < 1.29 is 4.79 Å². The Morgan fingerprint density at radius 2 is 2.06 bits per heavy atom. The molecule has 1 aliphatic heterocycles. The van der Waals surface area contributed by atoms with Gasteiger partial charge in [-0.15, -0.1) is 12.3 Å². The number of hydrogen-bond acceptors (Lipinski definition) is 2. The van der Waals surface area contributed by atoms with Crippen LogP contribution in [0.3, 0.4) is 0 Å². The smallest absolute Gasteiger partial charge is 0.228 e. The highest BCUT2D eigenvalue weighted by Crippen LogP contribution is 2.28. The SMILES string of the molecule is C#CC1CC(=O)N(c2cc(Br)nc(Br)c2)C1. The van der Waals surface area contributed by atoms with E-state index in [1.807, 2.05) is 12.1 Å². The first-order valence-electron chi connectivity index (χ1n) is 4.69.